The molecule has 0 aliphatic carbocycles. The summed E-state index contributed by atoms with van der Waals surface area (Å²) >= 11 is 0. The normalized spacial score (nSPS) is 13.0. The summed E-state index contributed by atoms with van der Waals surface area (Å²) in [5.74, 6) is 0.344. The van der Waals surface area contributed by atoms with E-state index in [1.807, 2.05) is 12.1 Å². The molecule has 0 unspecified atom stereocenters. The first kappa shape index (κ1) is 24.8. The summed E-state index contributed by atoms with van der Waals surface area (Å²) in [6.07, 6.45) is 3.21. The van der Waals surface area contributed by atoms with Gasteiger partial charge in [0.2, 0.25) is 0 Å². The lowest BCUT2D eigenvalue weighted by Gasteiger charge is -2.25. The minimum absolute atomic E-state index is 0.0751. The van der Waals surface area contributed by atoms with Crippen LogP contribution < -0.4 is 10.1 Å². The average Bonchev–Trinajstić information content (AvgIpc) is 2.84. The maximum atomic E-state index is 13.3. The van der Waals surface area contributed by atoms with Gasteiger partial charge in [-0.05, 0) is 71.6 Å². The van der Waals surface area contributed by atoms with Crippen molar-refractivity contribution in [3.63, 3.8) is 0 Å². The fourth-order valence-corrected chi connectivity index (χ4v) is 4.41. The SMILES string of the molecule is CC(C)(C)c1ccc(CN(CCCc2ccc(F)cc2)C(=O)Oc2cccc3c2NCCC3)cc1. The number of carbonyl (C=O) groups is 1. The summed E-state index contributed by atoms with van der Waals surface area (Å²) in [6, 6.07) is 20.9. The van der Waals surface area contributed by atoms with E-state index in [4.69, 9.17) is 4.74 Å². The van der Waals surface area contributed by atoms with Gasteiger partial charge >= 0.3 is 6.09 Å². The molecule has 0 radical (unpaired) electrons. The van der Waals surface area contributed by atoms with Crippen molar-refractivity contribution >= 4 is 11.8 Å². The molecule has 3 aromatic rings. The maximum Gasteiger partial charge on any atom is 0.415 e. The van der Waals surface area contributed by atoms with Crippen molar-refractivity contribution in [1.82, 2.24) is 4.90 Å². The van der Waals surface area contributed by atoms with Crippen molar-refractivity contribution in [3.8, 4) is 5.75 Å². The first-order valence-electron chi connectivity index (χ1n) is 12.5. The molecule has 35 heavy (non-hydrogen) atoms. The summed E-state index contributed by atoms with van der Waals surface area (Å²) in [5.41, 5.74) is 5.55. The van der Waals surface area contributed by atoms with Crippen LogP contribution in [0.25, 0.3) is 0 Å². The first-order valence-corrected chi connectivity index (χ1v) is 12.5. The van der Waals surface area contributed by atoms with Gasteiger partial charge in [-0.2, -0.15) is 0 Å². The van der Waals surface area contributed by atoms with Crippen molar-refractivity contribution < 1.29 is 13.9 Å². The quantitative estimate of drug-likeness (QED) is 0.397. The molecule has 0 atom stereocenters. The third-order valence-electron chi connectivity index (χ3n) is 6.49. The Morgan fingerprint density at radius 1 is 1.00 bits per heavy atom. The molecule has 5 heteroatoms. The smallest absolute Gasteiger partial charge is 0.408 e. The summed E-state index contributed by atoms with van der Waals surface area (Å²) in [5, 5.41) is 3.39. The van der Waals surface area contributed by atoms with E-state index in [0.29, 0.717) is 18.8 Å². The highest BCUT2D eigenvalue weighted by Crippen LogP contribution is 2.32. The number of nitrogens with one attached hydrogen (secondary N) is 1. The van der Waals surface area contributed by atoms with Gasteiger partial charge < -0.3 is 15.0 Å². The molecule has 0 saturated heterocycles. The van der Waals surface area contributed by atoms with Gasteiger partial charge in [0.25, 0.3) is 0 Å². The van der Waals surface area contributed by atoms with Crippen LogP contribution in [0.15, 0.2) is 66.7 Å². The predicted octanol–water partition coefficient (Wildman–Crippen LogP) is 7.12. The molecular weight excluding hydrogens is 439 g/mol. The minimum atomic E-state index is -0.357. The summed E-state index contributed by atoms with van der Waals surface area (Å²) in [4.78, 5) is 15.1. The van der Waals surface area contributed by atoms with Crippen molar-refractivity contribution in [2.45, 2.75) is 58.4 Å². The molecule has 1 N–H and O–H groups in total. The Hall–Kier alpha value is -3.34. The first-order chi connectivity index (χ1) is 16.8. The van der Waals surface area contributed by atoms with Gasteiger partial charge in [-0.25, -0.2) is 9.18 Å². The third-order valence-corrected chi connectivity index (χ3v) is 6.49. The zero-order chi connectivity index (χ0) is 24.8. The third kappa shape index (κ3) is 6.62. The van der Waals surface area contributed by atoms with E-state index in [9.17, 15) is 9.18 Å². The largest absolute Gasteiger partial charge is 0.415 e. The standard InChI is InChI=1S/C30H35FN2O2/c1-30(2,3)25-15-11-23(12-16-25)21-33(20-6-7-22-13-17-26(31)18-14-22)29(34)35-27-10-4-8-24-9-5-19-32-28(24)27/h4,8,10-18,32H,5-7,9,19-21H2,1-3H3. The molecular formula is C30H35FN2O2. The van der Waals surface area contributed by atoms with E-state index in [0.717, 1.165) is 49.0 Å². The second kappa shape index (κ2) is 10.9. The van der Waals surface area contributed by atoms with Crippen molar-refractivity contribution in [2.75, 3.05) is 18.4 Å². The van der Waals surface area contributed by atoms with Gasteiger partial charge in [0.15, 0.2) is 5.75 Å². The highest BCUT2D eigenvalue weighted by Gasteiger charge is 2.21. The van der Waals surface area contributed by atoms with Crippen molar-refractivity contribution in [3.05, 3.63) is 94.8 Å². The van der Waals surface area contributed by atoms with Gasteiger partial charge in [-0.3, -0.25) is 0 Å². The molecule has 4 nitrogen and oxygen atoms in total. The fourth-order valence-electron chi connectivity index (χ4n) is 4.41. The van der Waals surface area contributed by atoms with Gasteiger partial charge in [-0.1, -0.05) is 69.3 Å². The topological polar surface area (TPSA) is 41.6 Å². The van der Waals surface area contributed by atoms with E-state index in [-0.39, 0.29) is 17.3 Å². The number of para-hydroxylation sites is 1. The van der Waals surface area contributed by atoms with Crippen LogP contribution in [0.2, 0.25) is 0 Å². The highest BCUT2D eigenvalue weighted by molar-refractivity contribution is 5.75. The molecule has 1 aliphatic rings. The van der Waals surface area contributed by atoms with Crippen LogP contribution in [0.5, 0.6) is 5.75 Å². The number of amides is 1. The highest BCUT2D eigenvalue weighted by atomic mass is 19.1. The zero-order valence-corrected chi connectivity index (χ0v) is 20.9. The van der Waals surface area contributed by atoms with Crippen LogP contribution in [0, 0.1) is 5.82 Å². The Morgan fingerprint density at radius 2 is 1.71 bits per heavy atom. The molecule has 0 bridgehead atoms. The Morgan fingerprint density at radius 3 is 2.43 bits per heavy atom. The van der Waals surface area contributed by atoms with Crippen molar-refractivity contribution in [2.24, 2.45) is 0 Å². The van der Waals surface area contributed by atoms with Gasteiger partial charge in [-0.15, -0.1) is 0 Å². The van der Waals surface area contributed by atoms with Crippen LogP contribution in [0.3, 0.4) is 0 Å². The number of hydrogen-bond acceptors (Lipinski definition) is 3. The minimum Gasteiger partial charge on any atom is -0.408 e. The number of benzene rings is 3. The number of nitrogens with zero attached hydrogens (tertiary/aromatic N) is 1. The number of carbonyl (C=O) groups excluding carboxylic acids is 1. The second-order valence-corrected chi connectivity index (χ2v) is 10.3. The summed E-state index contributed by atoms with van der Waals surface area (Å²) in [7, 11) is 0. The molecule has 4 rings (SSSR count). The maximum absolute atomic E-state index is 13.3. The van der Waals surface area contributed by atoms with Gasteiger partial charge in [0.1, 0.15) is 5.82 Å². The van der Waals surface area contributed by atoms with E-state index in [2.05, 4.69) is 56.4 Å². The Bertz CT molecular complexity index is 1130. The Labute approximate surface area is 208 Å². The lowest BCUT2D eigenvalue weighted by atomic mass is 9.87. The van der Waals surface area contributed by atoms with E-state index in [1.165, 1.54) is 23.3 Å². The number of hydrogen-bond donors (Lipinski definition) is 1. The molecule has 0 aromatic heterocycles. The van der Waals surface area contributed by atoms with Crippen LogP contribution in [-0.4, -0.2) is 24.1 Å². The van der Waals surface area contributed by atoms with Gasteiger partial charge in [0.05, 0.1) is 5.69 Å². The second-order valence-electron chi connectivity index (χ2n) is 10.3. The Kier molecular flexibility index (Phi) is 7.74. The Balaban J connectivity index is 1.48. The van der Waals surface area contributed by atoms with Crippen LogP contribution in [-0.2, 0) is 24.8 Å². The number of rotatable bonds is 7. The molecule has 1 aliphatic heterocycles. The molecule has 1 heterocycles. The summed E-state index contributed by atoms with van der Waals surface area (Å²) < 4.78 is 19.2. The molecule has 0 saturated carbocycles. The predicted molar refractivity (Wildman–Crippen MR) is 140 cm³/mol. The molecule has 0 fully saturated rings. The molecule has 184 valence electrons. The average molecular weight is 475 g/mol. The van der Waals surface area contributed by atoms with Crippen molar-refractivity contribution in [1.29, 1.82) is 0 Å². The lowest BCUT2D eigenvalue weighted by Crippen LogP contribution is -2.34. The van der Waals surface area contributed by atoms with Gasteiger partial charge in [0, 0.05) is 19.6 Å². The molecule has 3 aromatic carbocycles. The number of aryl methyl sites for hydroxylation is 2. The lowest BCUT2D eigenvalue weighted by molar-refractivity contribution is 0.149. The van der Waals surface area contributed by atoms with Crippen LogP contribution >= 0.6 is 0 Å². The number of anilines is 1. The van der Waals surface area contributed by atoms with Crippen LogP contribution in [0.4, 0.5) is 14.9 Å². The number of fused-ring (bicyclic) bond motifs is 1. The monoisotopic (exact) mass is 474 g/mol. The zero-order valence-electron chi connectivity index (χ0n) is 20.9. The van der Waals surface area contributed by atoms with Crippen LogP contribution in [0.1, 0.15) is 55.9 Å². The molecule has 0 spiro atoms. The van der Waals surface area contributed by atoms with E-state index < -0.39 is 0 Å². The fraction of sp³-hybridized carbons (Fsp3) is 0.367. The molecule has 1 amide bonds. The van der Waals surface area contributed by atoms with E-state index in [1.54, 1.807) is 17.0 Å². The summed E-state index contributed by atoms with van der Waals surface area (Å²) in [6.45, 7) is 8.46. The van der Waals surface area contributed by atoms with E-state index >= 15 is 0 Å². The number of ether oxygens (including phenoxy) is 1. The number of halogens is 1.